The monoisotopic (exact) mass is 365 g/mol. The number of hydrogen-bond acceptors (Lipinski definition) is 4. The van der Waals surface area contributed by atoms with E-state index in [0.717, 1.165) is 11.1 Å². The van der Waals surface area contributed by atoms with Crippen molar-refractivity contribution in [3.8, 4) is 0 Å². The molecule has 2 aromatic heterocycles. The molecule has 6 nitrogen and oxygen atoms in total. The molecule has 0 saturated carbocycles. The van der Waals surface area contributed by atoms with Gasteiger partial charge in [0.15, 0.2) is 5.82 Å². The van der Waals surface area contributed by atoms with Crippen molar-refractivity contribution in [1.82, 2.24) is 15.1 Å². The number of rotatable bonds is 4. The van der Waals surface area contributed by atoms with E-state index < -0.39 is 5.76 Å². The summed E-state index contributed by atoms with van der Waals surface area (Å²) in [4.78, 5) is 28.7. The quantitative estimate of drug-likeness (QED) is 0.742. The number of aryl methyl sites for hydroxylation is 1. The molecule has 0 aliphatic rings. The van der Waals surface area contributed by atoms with Crippen molar-refractivity contribution in [2.24, 2.45) is 0 Å². The average molecular weight is 365 g/mol. The molecule has 0 saturated heterocycles. The number of nitrogens with zero attached hydrogens (tertiary/aromatic N) is 1. The van der Waals surface area contributed by atoms with Crippen LogP contribution >= 0.6 is 0 Å². The van der Waals surface area contributed by atoms with Crippen LogP contribution in [0.4, 0.5) is 0 Å². The van der Waals surface area contributed by atoms with E-state index in [1.54, 1.807) is 13.0 Å². The SMILES string of the molecule is Cc1ccc(/C(=C/Cc2noc(=O)[nH]2)c2ccc(C(C)(C)C)cc2)[nH]c1=O. The molecule has 2 N–H and O–H groups in total. The molecule has 0 bridgehead atoms. The van der Waals surface area contributed by atoms with Crippen LogP contribution < -0.4 is 11.3 Å². The van der Waals surface area contributed by atoms with Crippen LogP contribution in [0.5, 0.6) is 0 Å². The predicted octanol–water partition coefficient (Wildman–Crippen LogP) is 3.33. The van der Waals surface area contributed by atoms with Crippen molar-refractivity contribution in [3.63, 3.8) is 0 Å². The highest BCUT2D eigenvalue weighted by atomic mass is 16.5. The second-order valence-electron chi connectivity index (χ2n) is 7.58. The Bertz CT molecular complexity index is 1080. The Hall–Kier alpha value is -3.15. The topological polar surface area (TPSA) is 91.8 Å². The van der Waals surface area contributed by atoms with Crippen LogP contribution in [0, 0.1) is 6.92 Å². The summed E-state index contributed by atoms with van der Waals surface area (Å²) in [5, 5.41) is 3.69. The summed E-state index contributed by atoms with van der Waals surface area (Å²) in [6, 6.07) is 11.9. The first kappa shape index (κ1) is 18.6. The molecular weight excluding hydrogens is 342 g/mol. The molecule has 0 amide bonds. The minimum Gasteiger partial charge on any atom is -0.322 e. The average Bonchev–Trinajstić information content (AvgIpc) is 3.03. The van der Waals surface area contributed by atoms with Crippen molar-refractivity contribution in [2.45, 2.75) is 39.5 Å². The lowest BCUT2D eigenvalue weighted by Gasteiger charge is -2.19. The Morgan fingerprint density at radius 2 is 1.78 bits per heavy atom. The van der Waals surface area contributed by atoms with Crippen LogP contribution in [-0.2, 0) is 11.8 Å². The van der Waals surface area contributed by atoms with E-state index in [9.17, 15) is 9.59 Å². The summed E-state index contributed by atoms with van der Waals surface area (Å²) in [7, 11) is 0. The Balaban J connectivity index is 2.04. The first-order chi connectivity index (χ1) is 12.7. The van der Waals surface area contributed by atoms with Gasteiger partial charge in [0.25, 0.3) is 5.56 Å². The molecule has 2 heterocycles. The van der Waals surface area contributed by atoms with Gasteiger partial charge >= 0.3 is 5.76 Å². The van der Waals surface area contributed by atoms with Gasteiger partial charge in [0, 0.05) is 23.3 Å². The molecule has 0 spiro atoms. The lowest BCUT2D eigenvalue weighted by Crippen LogP contribution is -2.12. The Morgan fingerprint density at radius 3 is 2.33 bits per heavy atom. The van der Waals surface area contributed by atoms with Crippen LogP contribution in [0.15, 0.2) is 56.6 Å². The highest BCUT2D eigenvalue weighted by molar-refractivity contribution is 5.78. The fraction of sp³-hybridized carbons (Fsp3) is 0.286. The molecule has 0 unspecified atom stereocenters. The largest absolute Gasteiger partial charge is 0.438 e. The Labute approximate surface area is 157 Å². The summed E-state index contributed by atoms with van der Waals surface area (Å²) < 4.78 is 4.55. The second kappa shape index (κ2) is 7.23. The molecule has 27 heavy (non-hydrogen) atoms. The number of hydrogen-bond donors (Lipinski definition) is 2. The molecule has 0 aliphatic heterocycles. The van der Waals surface area contributed by atoms with Gasteiger partial charge in [-0.15, -0.1) is 0 Å². The van der Waals surface area contributed by atoms with Gasteiger partial charge in [-0.05, 0) is 29.5 Å². The van der Waals surface area contributed by atoms with E-state index in [1.807, 2.05) is 24.3 Å². The van der Waals surface area contributed by atoms with Gasteiger partial charge in [0.1, 0.15) is 0 Å². The molecule has 3 aromatic rings. The first-order valence-electron chi connectivity index (χ1n) is 8.80. The van der Waals surface area contributed by atoms with Crippen LogP contribution in [0.2, 0.25) is 0 Å². The highest BCUT2D eigenvalue weighted by Crippen LogP contribution is 2.27. The maximum Gasteiger partial charge on any atom is 0.438 e. The second-order valence-corrected chi connectivity index (χ2v) is 7.58. The van der Waals surface area contributed by atoms with E-state index in [1.165, 1.54) is 5.56 Å². The van der Waals surface area contributed by atoms with Crippen molar-refractivity contribution in [2.75, 3.05) is 0 Å². The smallest absolute Gasteiger partial charge is 0.322 e. The molecule has 6 heteroatoms. The fourth-order valence-corrected chi connectivity index (χ4v) is 2.78. The normalized spacial score (nSPS) is 12.4. The van der Waals surface area contributed by atoms with Crippen LogP contribution in [-0.4, -0.2) is 15.1 Å². The van der Waals surface area contributed by atoms with Crippen molar-refractivity contribution in [3.05, 3.63) is 91.6 Å². The van der Waals surface area contributed by atoms with Crippen molar-refractivity contribution < 1.29 is 4.52 Å². The maximum atomic E-state index is 12.1. The molecular formula is C21H23N3O3. The van der Waals surface area contributed by atoms with Gasteiger partial charge in [-0.25, -0.2) is 4.79 Å². The molecule has 1 aromatic carbocycles. The number of aromatic amines is 2. The van der Waals surface area contributed by atoms with Crippen LogP contribution in [0.1, 0.15) is 49.0 Å². The summed E-state index contributed by atoms with van der Waals surface area (Å²) in [6.07, 6.45) is 2.29. The van der Waals surface area contributed by atoms with E-state index in [-0.39, 0.29) is 11.0 Å². The van der Waals surface area contributed by atoms with Crippen LogP contribution in [0.25, 0.3) is 5.57 Å². The third-order valence-electron chi connectivity index (χ3n) is 4.44. The fourth-order valence-electron chi connectivity index (χ4n) is 2.78. The van der Waals surface area contributed by atoms with E-state index in [2.05, 4.69) is 52.6 Å². The number of H-pyrrole nitrogens is 2. The number of pyridine rings is 1. The molecule has 0 radical (unpaired) electrons. The van der Waals surface area contributed by atoms with Crippen LogP contribution in [0.3, 0.4) is 0 Å². The number of allylic oxidation sites excluding steroid dienone is 1. The summed E-state index contributed by atoms with van der Waals surface area (Å²) in [5.41, 5.74) is 4.34. The molecule has 3 rings (SSSR count). The van der Waals surface area contributed by atoms with E-state index >= 15 is 0 Å². The van der Waals surface area contributed by atoms with Gasteiger partial charge in [0.2, 0.25) is 0 Å². The maximum absolute atomic E-state index is 12.1. The zero-order valence-corrected chi connectivity index (χ0v) is 15.9. The standard InChI is InChI=1S/C21H23N3O3/c1-13-5-11-17(22-19(13)25)16(10-12-18-23-20(26)27-24-18)14-6-8-15(9-7-14)21(2,3)4/h5-11H,12H2,1-4H3,(H,22,25)(H,23,24,26)/b16-10+. The summed E-state index contributed by atoms with van der Waals surface area (Å²) in [5.74, 6) is -0.156. The van der Waals surface area contributed by atoms with E-state index in [4.69, 9.17) is 0 Å². The first-order valence-corrected chi connectivity index (χ1v) is 8.80. The summed E-state index contributed by atoms with van der Waals surface area (Å²) >= 11 is 0. The zero-order chi connectivity index (χ0) is 19.6. The highest BCUT2D eigenvalue weighted by Gasteiger charge is 2.14. The van der Waals surface area contributed by atoms with Gasteiger partial charge in [-0.1, -0.05) is 62.3 Å². The van der Waals surface area contributed by atoms with Gasteiger partial charge in [-0.2, -0.15) is 0 Å². The molecule has 0 atom stereocenters. The van der Waals surface area contributed by atoms with Gasteiger partial charge in [0.05, 0.1) is 0 Å². The lowest BCUT2D eigenvalue weighted by molar-refractivity contribution is 0.382. The van der Waals surface area contributed by atoms with E-state index in [0.29, 0.717) is 23.5 Å². The number of aromatic nitrogens is 3. The molecule has 0 aliphatic carbocycles. The van der Waals surface area contributed by atoms with Crippen molar-refractivity contribution >= 4 is 5.57 Å². The van der Waals surface area contributed by atoms with Gasteiger partial charge in [-0.3, -0.25) is 14.3 Å². The minimum absolute atomic E-state index is 0.0563. The minimum atomic E-state index is -0.585. The Kier molecular flexibility index (Phi) is 4.99. The molecule has 0 fully saturated rings. The number of nitrogens with one attached hydrogen (secondary N) is 2. The van der Waals surface area contributed by atoms with Gasteiger partial charge < -0.3 is 4.98 Å². The third-order valence-corrected chi connectivity index (χ3v) is 4.44. The number of benzene rings is 1. The zero-order valence-electron chi connectivity index (χ0n) is 15.9. The van der Waals surface area contributed by atoms with Crippen molar-refractivity contribution in [1.29, 1.82) is 0 Å². The Morgan fingerprint density at radius 1 is 1.07 bits per heavy atom. The molecule has 140 valence electrons. The summed E-state index contributed by atoms with van der Waals surface area (Å²) in [6.45, 7) is 8.26. The predicted molar refractivity (Wildman–Crippen MR) is 105 cm³/mol. The lowest BCUT2D eigenvalue weighted by atomic mass is 9.86. The third kappa shape index (κ3) is 4.34.